The summed E-state index contributed by atoms with van der Waals surface area (Å²) in [6.45, 7) is 7.58. The molecule has 0 radical (unpaired) electrons. The number of allylic oxidation sites excluding steroid dienone is 2. The zero-order chi connectivity index (χ0) is 27.5. The first-order chi connectivity index (χ1) is 19.1. The molecule has 2 nitrogen and oxygen atoms in total. The number of ketones is 1. The van der Waals surface area contributed by atoms with Crippen LogP contribution in [0.2, 0.25) is 0 Å². The maximum atomic E-state index is 12.2. The molecule has 0 aliphatic heterocycles. The van der Waals surface area contributed by atoms with E-state index in [4.69, 9.17) is 4.74 Å². The standard InChI is InChI=1S/C37H46O2/c1-31(2)35-26-23-34(24-27-35)30-39-29-15-10-8-6-4-3-5-7-9-12-16-32-19-21-33(22-20-32)25-28-37(38)36-17-13-11-14-18-36/h11,13-14,17-28H,1,3-10,12,15-16,29-30H2,2H3/b28-25+. The SMILES string of the molecule is C=C(C)c1ccc(COCCCCCCCCCCCCc2ccc(/C=C/C(=O)c3ccccc3)cc2)cc1. The fraction of sp³-hybridized carbons (Fsp3) is 0.378. The van der Waals surface area contributed by atoms with Crippen molar-refractivity contribution in [2.45, 2.75) is 84.2 Å². The highest BCUT2D eigenvalue weighted by Gasteiger charge is 2.01. The predicted octanol–water partition coefficient (Wildman–Crippen LogP) is 10.3. The number of carbonyl (C=O) groups excluding carboxylic acids is 1. The Balaban J connectivity index is 1.12. The van der Waals surface area contributed by atoms with E-state index >= 15 is 0 Å². The maximum absolute atomic E-state index is 12.2. The third-order valence-corrected chi connectivity index (χ3v) is 7.18. The van der Waals surface area contributed by atoms with Crippen LogP contribution >= 0.6 is 0 Å². The number of rotatable bonds is 19. The summed E-state index contributed by atoms with van der Waals surface area (Å²) in [5, 5.41) is 0. The van der Waals surface area contributed by atoms with Crippen molar-refractivity contribution in [1.82, 2.24) is 0 Å². The molecule has 0 N–H and O–H groups in total. The van der Waals surface area contributed by atoms with Crippen LogP contribution in [-0.2, 0) is 17.8 Å². The molecule has 0 unspecified atom stereocenters. The minimum atomic E-state index is 0.0434. The van der Waals surface area contributed by atoms with Gasteiger partial charge < -0.3 is 4.74 Å². The Kier molecular flexibility index (Phi) is 14.1. The van der Waals surface area contributed by atoms with E-state index in [9.17, 15) is 4.79 Å². The zero-order valence-corrected chi connectivity index (χ0v) is 23.9. The second kappa shape index (κ2) is 18.1. The molecule has 39 heavy (non-hydrogen) atoms. The van der Waals surface area contributed by atoms with E-state index in [0.29, 0.717) is 6.61 Å². The largest absolute Gasteiger partial charge is 0.377 e. The van der Waals surface area contributed by atoms with Gasteiger partial charge in [0.1, 0.15) is 0 Å². The second-order valence-electron chi connectivity index (χ2n) is 10.6. The lowest BCUT2D eigenvalue weighted by molar-refractivity contribution is 0.104. The zero-order valence-electron chi connectivity index (χ0n) is 23.9. The molecule has 0 aliphatic carbocycles. The van der Waals surface area contributed by atoms with Crippen molar-refractivity contribution in [3.63, 3.8) is 0 Å². The molecule has 0 amide bonds. The summed E-state index contributed by atoms with van der Waals surface area (Å²) in [7, 11) is 0. The van der Waals surface area contributed by atoms with Gasteiger partial charge in [0.05, 0.1) is 6.61 Å². The molecule has 0 fully saturated rings. The highest BCUT2D eigenvalue weighted by molar-refractivity contribution is 6.06. The summed E-state index contributed by atoms with van der Waals surface area (Å²) in [5.74, 6) is 0.0434. The molecule has 0 spiro atoms. The highest BCUT2D eigenvalue weighted by Crippen LogP contribution is 2.15. The van der Waals surface area contributed by atoms with Crippen LogP contribution in [0, 0.1) is 0 Å². The Hall–Kier alpha value is -3.23. The molecule has 206 valence electrons. The van der Waals surface area contributed by atoms with Crippen molar-refractivity contribution in [3.8, 4) is 0 Å². The van der Waals surface area contributed by atoms with Crippen LogP contribution in [0.5, 0.6) is 0 Å². The minimum Gasteiger partial charge on any atom is -0.377 e. The molecule has 3 rings (SSSR count). The smallest absolute Gasteiger partial charge is 0.185 e. The van der Waals surface area contributed by atoms with Gasteiger partial charge in [-0.05, 0) is 54.5 Å². The van der Waals surface area contributed by atoms with Gasteiger partial charge in [-0.25, -0.2) is 0 Å². The van der Waals surface area contributed by atoms with Crippen LogP contribution in [0.1, 0.15) is 104 Å². The summed E-state index contributed by atoms with van der Waals surface area (Å²) in [5.41, 5.74) is 6.71. The lowest BCUT2D eigenvalue weighted by Crippen LogP contribution is -1.96. The van der Waals surface area contributed by atoms with Crippen LogP contribution in [0.4, 0.5) is 0 Å². The molecule has 0 saturated carbocycles. The van der Waals surface area contributed by atoms with Crippen molar-refractivity contribution in [1.29, 1.82) is 0 Å². The van der Waals surface area contributed by atoms with Crippen molar-refractivity contribution >= 4 is 17.4 Å². The minimum absolute atomic E-state index is 0.0434. The summed E-state index contributed by atoms with van der Waals surface area (Å²) < 4.78 is 5.84. The van der Waals surface area contributed by atoms with Crippen LogP contribution in [-0.4, -0.2) is 12.4 Å². The number of unbranched alkanes of at least 4 members (excludes halogenated alkanes) is 9. The van der Waals surface area contributed by atoms with Gasteiger partial charge in [-0.3, -0.25) is 4.79 Å². The lowest BCUT2D eigenvalue weighted by Gasteiger charge is -2.06. The van der Waals surface area contributed by atoms with E-state index < -0.39 is 0 Å². The Bertz CT molecular complexity index is 1120. The quantitative estimate of drug-likeness (QED) is 0.0889. The predicted molar refractivity (Wildman–Crippen MR) is 167 cm³/mol. The van der Waals surface area contributed by atoms with Gasteiger partial charge in [0.15, 0.2) is 5.78 Å². The number of ether oxygens (including phenoxy) is 1. The third-order valence-electron chi connectivity index (χ3n) is 7.18. The molecule has 0 bridgehead atoms. The van der Waals surface area contributed by atoms with Crippen LogP contribution in [0.3, 0.4) is 0 Å². The van der Waals surface area contributed by atoms with Gasteiger partial charge in [0, 0.05) is 12.2 Å². The number of carbonyl (C=O) groups is 1. The van der Waals surface area contributed by atoms with Gasteiger partial charge in [0.25, 0.3) is 0 Å². The van der Waals surface area contributed by atoms with Crippen LogP contribution in [0.25, 0.3) is 11.6 Å². The van der Waals surface area contributed by atoms with Crippen LogP contribution < -0.4 is 0 Å². The monoisotopic (exact) mass is 522 g/mol. The summed E-state index contributed by atoms with van der Waals surface area (Å²) >= 11 is 0. The molecule has 0 atom stereocenters. The Labute approximate surface area is 236 Å². The van der Waals surface area contributed by atoms with Gasteiger partial charge >= 0.3 is 0 Å². The Morgan fingerprint density at radius 1 is 0.667 bits per heavy atom. The number of hydrogen-bond acceptors (Lipinski definition) is 2. The van der Waals surface area contributed by atoms with Crippen molar-refractivity contribution in [2.75, 3.05) is 6.61 Å². The maximum Gasteiger partial charge on any atom is 0.185 e. The lowest BCUT2D eigenvalue weighted by atomic mass is 10.0. The summed E-state index contributed by atoms with van der Waals surface area (Å²) in [4.78, 5) is 12.2. The molecule has 3 aromatic rings. The van der Waals surface area contributed by atoms with E-state index in [1.165, 1.54) is 74.5 Å². The second-order valence-corrected chi connectivity index (χ2v) is 10.6. The van der Waals surface area contributed by atoms with E-state index in [1.807, 2.05) is 43.3 Å². The normalized spacial score (nSPS) is 11.2. The van der Waals surface area contributed by atoms with Crippen molar-refractivity contribution in [3.05, 3.63) is 119 Å². The van der Waals surface area contributed by atoms with Gasteiger partial charge in [-0.2, -0.15) is 0 Å². The van der Waals surface area contributed by atoms with E-state index in [-0.39, 0.29) is 5.78 Å². The molecule has 0 aliphatic rings. The van der Waals surface area contributed by atoms with Gasteiger partial charge in [-0.15, -0.1) is 0 Å². The van der Waals surface area contributed by atoms with E-state index in [1.54, 1.807) is 6.08 Å². The molecule has 0 aromatic heterocycles. The molecular weight excluding hydrogens is 476 g/mol. The number of benzene rings is 3. The first-order valence-corrected chi connectivity index (χ1v) is 14.8. The number of aryl methyl sites for hydroxylation is 1. The average molecular weight is 523 g/mol. The van der Waals surface area contributed by atoms with E-state index in [0.717, 1.165) is 36.1 Å². The van der Waals surface area contributed by atoms with Crippen molar-refractivity contribution < 1.29 is 9.53 Å². The highest BCUT2D eigenvalue weighted by atomic mass is 16.5. The fourth-order valence-corrected chi connectivity index (χ4v) is 4.69. The van der Waals surface area contributed by atoms with Crippen LogP contribution in [0.15, 0.2) is 91.5 Å². The first kappa shape index (κ1) is 30.3. The molecule has 0 saturated heterocycles. The molecule has 0 heterocycles. The summed E-state index contributed by atoms with van der Waals surface area (Å²) in [6.07, 6.45) is 17.8. The average Bonchev–Trinajstić information content (AvgIpc) is 2.97. The Morgan fingerprint density at radius 3 is 1.85 bits per heavy atom. The molecule has 3 aromatic carbocycles. The first-order valence-electron chi connectivity index (χ1n) is 14.8. The molecule has 2 heteroatoms. The van der Waals surface area contributed by atoms with Gasteiger partial charge in [-0.1, -0.05) is 148 Å². The Morgan fingerprint density at radius 2 is 1.23 bits per heavy atom. The number of hydrogen-bond donors (Lipinski definition) is 0. The molecular formula is C37H46O2. The van der Waals surface area contributed by atoms with Crippen molar-refractivity contribution in [2.24, 2.45) is 0 Å². The topological polar surface area (TPSA) is 26.3 Å². The van der Waals surface area contributed by atoms with Gasteiger partial charge in [0.2, 0.25) is 0 Å². The third kappa shape index (κ3) is 12.4. The fourth-order valence-electron chi connectivity index (χ4n) is 4.69. The van der Waals surface area contributed by atoms with E-state index in [2.05, 4.69) is 55.1 Å². The summed E-state index contributed by atoms with van der Waals surface area (Å²) in [6, 6.07) is 26.5.